The number of hydrogen-bond donors (Lipinski definition) is 2. The van der Waals surface area contributed by atoms with Crippen LogP contribution in [0.3, 0.4) is 0 Å². The first-order valence-corrected chi connectivity index (χ1v) is 8.35. The van der Waals surface area contributed by atoms with Crippen LogP contribution in [0.25, 0.3) is 0 Å². The third kappa shape index (κ3) is 5.72. The summed E-state index contributed by atoms with van der Waals surface area (Å²) in [4.78, 5) is 12.1. The SMILES string of the molecule is N#C/C(=C/NCCc1ccccc1F)C(=O)Nc1ccc(Cl)c(C(F)(F)F)c1. The van der Waals surface area contributed by atoms with E-state index in [1.54, 1.807) is 24.3 Å². The average Bonchev–Trinajstić information content (AvgIpc) is 2.63. The van der Waals surface area contributed by atoms with E-state index in [-0.39, 0.29) is 23.6 Å². The lowest BCUT2D eigenvalue weighted by molar-refractivity contribution is -0.137. The summed E-state index contributed by atoms with van der Waals surface area (Å²) in [6.45, 7) is 0.249. The van der Waals surface area contributed by atoms with Crippen molar-refractivity contribution in [2.45, 2.75) is 12.6 Å². The molecule has 0 aliphatic carbocycles. The van der Waals surface area contributed by atoms with Crippen molar-refractivity contribution >= 4 is 23.2 Å². The zero-order chi connectivity index (χ0) is 20.7. The first-order chi connectivity index (χ1) is 13.2. The minimum Gasteiger partial charge on any atom is -0.389 e. The Morgan fingerprint density at radius 3 is 2.57 bits per heavy atom. The molecule has 0 aliphatic heterocycles. The van der Waals surface area contributed by atoms with Crippen LogP contribution in [0.1, 0.15) is 11.1 Å². The summed E-state index contributed by atoms with van der Waals surface area (Å²) in [6, 6.07) is 10.7. The van der Waals surface area contributed by atoms with Crippen LogP contribution in [0, 0.1) is 17.1 Å². The van der Waals surface area contributed by atoms with E-state index in [1.165, 1.54) is 12.1 Å². The molecule has 0 aliphatic rings. The number of carbonyl (C=O) groups is 1. The maximum Gasteiger partial charge on any atom is 0.417 e. The molecule has 9 heteroatoms. The highest BCUT2D eigenvalue weighted by atomic mass is 35.5. The Morgan fingerprint density at radius 1 is 1.21 bits per heavy atom. The number of nitriles is 1. The Bertz CT molecular complexity index is 936. The minimum absolute atomic E-state index is 0.158. The van der Waals surface area contributed by atoms with Gasteiger partial charge in [-0.05, 0) is 36.2 Å². The van der Waals surface area contributed by atoms with Crippen LogP contribution >= 0.6 is 11.6 Å². The first kappa shape index (κ1) is 21.3. The van der Waals surface area contributed by atoms with Crippen LogP contribution in [-0.2, 0) is 17.4 Å². The van der Waals surface area contributed by atoms with Gasteiger partial charge < -0.3 is 10.6 Å². The van der Waals surface area contributed by atoms with E-state index in [4.69, 9.17) is 16.9 Å². The van der Waals surface area contributed by atoms with Crippen molar-refractivity contribution in [3.8, 4) is 6.07 Å². The number of nitrogens with one attached hydrogen (secondary N) is 2. The number of hydrogen-bond acceptors (Lipinski definition) is 3. The van der Waals surface area contributed by atoms with Crippen molar-refractivity contribution in [2.24, 2.45) is 0 Å². The Hall–Kier alpha value is -3.05. The molecule has 0 spiro atoms. The van der Waals surface area contributed by atoms with Gasteiger partial charge in [0.25, 0.3) is 5.91 Å². The zero-order valence-corrected chi connectivity index (χ0v) is 15.0. The van der Waals surface area contributed by atoms with E-state index in [0.717, 1.165) is 12.3 Å². The highest BCUT2D eigenvalue weighted by Crippen LogP contribution is 2.36. The van der Waals surface area contributed by atoms with Crippen LogP contribution in [0.2, 0.25) is 5.02 Å². The summed E-state index contributed by atoms with van der Waals surface area (Å²) in [5.41, 5.74) is -1.14. The molecule has 0 unspecified atom stereocenters. The summed E-state index contributed by atoms with van der Waals surface area (Å²) in [6.07, 6.45) is -3.24. The molecule has 2 rings (SSSR count). The molecule has 0 radical (unpaired) electrons. The standard InChI is InChI=1S/C19H14ClF4N3O/c20-16-6-5-14(9-15(16)19(22,23)24)27-18(28)13(10-25)11-26-8-7-12-3-1-2-4-17(12)21/h1-6,9,11,26H,7-8H2,(H,27,28)/b13-11-. The Balaban J connectivity index is 2.01. The molecule has 0 bridgehead atoms. The van der Waals surface area contributed by atoms with Gasteiger partial charge in [-0.1, -0.05) is 29.8 Å². The summed E-state index contributed by atoms with van der Waals surface area (Å²) in [5.74, 6) is -1.26. The summed E-state index contributed by atoms with van der Waals surface area (Å²) in [7, 11) is 0. The Labute approximate surface area is 163 Å². The number of alkyl halides is 3. The topological polar surface area (TPSA) is 64.9 Å². The predicted octanol–water partition coefficient (Wildman–Crippen LogP) is 4.68. The third-order valence-corrected chi connectivity index (χ3v) is 3.97. The van der Waals surface area contributed by atoms with Crippen LogP contribution in [0.5, 0.6) is 0 Å². The van der Waals surface area contributed by atoms with E-state index < -0.39 is 22.7 Å². The second-order valence-corrected chi connectivity index (χ2v) is 6.02. The van der Waals surface area contributed by atoms with Crippen LogP contribution in [0.15, 0.2) is 54.2 Å². The van der Waals surface area contributed by atoms with E-state index in [2.05, 4.69) is 10.6 Å². The van der Waals surface area contributed by atoms with Gasteiger partial charge in [-0.25, -0.2) is 4.39 Å². The molecule has 1 amide bonds. The molecular weight excluding hydrogens is 398 g/mol. The number of amides is 1. The molecule has 0 atom stereocenters. The fourth-order valence-corrected chi connectivity index (χ4v) is 2.47. The largest absolute Gasteiger partial charge is 0.417 e. The number of carbonyl (C=O) groups excluding carboxylic acids is 1. The zero-order valence-electron chi connectivity index (χ0n) is 14.3. The molecule has 146 valence electrons. The predicted molar refractivity (Wildman–Crippen MR) is 96.9 cm³/mol. The Kier molecular flexibility index (Phi) is 7.01. The number of halogens is 5. The number of benzene rings is 2. The van der Waals surface area contributed by atoms with Crippen molar-refractivity contribution < 1.29 is 22.4 Å². The molecular formula is C19H14ClF4N3O. The fraction of sp³-hybridized carbons (Fsp3) is 0.158. The third-order valence-electron chi connectivity index (χ3n) is 3.64. The van der Waals surface area contributed by atoms with Gasteiger partial charge in [0.2, 0.25) is 0 Å². The normalized spacial score (nSPS) is 11.6. The van der Waals surface area contributed by atoms with Crippen molar-refractivity contribution in [2.75, 3.05) is 11.9 Å². The molecule has 2 aromatic carbocycles. The van der Waals surface area contributed by atoms with Gasteiger partial charge in [0.1, 0.15) is 17.5 Å². The first-order valence-electron chi connectivity index (χ1n) is 7.97. The molecule has 0 saturated heterocycles. The molecule has 2 aromatic rings. The van der Waals surface area contributed by atoms with Crippen molar-refractivity contribution in [1.29, 1.82) is 5.26 Å². The minimum atomic E-state index is -4.68. The van der Waals surface area contributed by atoms with Gasteiger partial charge in [-0.2, -0.15) is 18.4 Å². The molecule has 0 aromatic heterocycles. The van der Waals surface area contributed by atoms with Crippen molar-refractivity contribution in [3.05, 3.63) is 76.2 Å². The summed E-state index contributed by atoms with van der Waals surface area (Å²) >= 11 is 5.52. The van der Waals surface area contributed by atoms with Crippen molar-refractivity contribution in [1.82, 2.24) is 5.32 Å². The monoisotopic (exact) mass is 411 g/mol. The van der Waals surface area contributed by atoms with Crippen LogP contribution in [0.4, 0.5) is 23.2 Å². The van der Waals surface area contributed by atoms with Crippen LogP contribution in [-0.4, -0.2) is 12.5 Å². The number of rotatable bonds is 6. The van der Waals surface area contributed by atoms with Gasteiger partial charge in [0.05, 0.1) is 10.6 Å². The molecule has 0 fully saturated rings. The molecule has 0 heterocycles. The van der Waals surface area contributed by atoms with Gasteiger partial charge >= 0.3 is 6.18 Å². The van der Waals surface area contributed by atoms with E-state index in [0.29, 0.717) is 18.1 Å². The van der Waals surface area contributed by atoms with E-state index in [9.17, 15) is 22.4 Å². The lowest BCUT2D eigenvalue weighted by atomic mass is 10.1. The van der Waals surface area contributed by atoms with Gasteiger partial charge in [-0.15, -0.1) is 0 Å². The molecule has 0 saturated carbocycles. The van der Waals surface area contributed by atoms with Gasteiger partial charge in [-0.3, -0.25) is 4.79 Å². The molecule has 2 N–H and O–H groups in total. The maximum absolute atomic E-state index is 13.5. The second kappa shape index (κ2) is 9.24. The van der Waals surface area contributed by atoms with E-state index in [1.807, 2.05) is 0 Å². The van der Waals surface area contributed by atoms with Crippen molar-refractivity contribution in [3.63, 3.8) is 0 Å². The Morgan fingerprint density at radius 2 is 1.93 bits per heavy atom. The molecule has 4 nitrogen and oxygen atoms in total. The fourth-order valence-electron chi connectivity index (χ4n) is 2.25. The summed E-state index contributed by atoms with van der Waals surface area (Å²) < 4.78 is 52.1. The maximum atomic E-state index is 13.5. The van der Waals surface area contributed by atoms with Crippen LogP contribution < -0.4 is 10.6 Å². The smallest absolute Gasteiger partial charge is 0.389 e. The highest BCUT2D eigenvalue weighted by Gasteiger charge is 2.33. The van der Waals surface area contributed by atoms with Gasteiger partial charge in [0.15, 0.2) is 0 Å². The molecule has 28 heavy (non-hydrogen) atoms. The highest BCUT2D eigenvalue weighted by molar-refractivity contribution is 6.31. The average molecular weight is 412 g/mol. The second-order valence-electron chi connectivity index (χ2n) is 5.61. The lowest BCUT2D eigenvalue weighted by Gasteiger charge is -2.11. The summed E-state index contributed by atoms with van der Waals surface area (Å²) in [5, 5.41) is 13.5. The number of nitrogens with zero attached hydrogens (tertiary/aromatic N) is 1. The van der Waals surface area contributed by atoms with Gasteiger partial charge in [0, 0.05) is 18.4 Å². The quantitative estimate of drug-likeness (QED) is 0.314. The lowest BCUT2D eigenvalue weighted by Crippen LogP contribution is -2.18. The number of anilines is 1. The van der Waals surface area contributed by atoms with E-state index >= 15 is 0 Å².